The molecule has 0 aliphatic heterocycles. The second-order valence-electron chi connectivity index (χ2n) is 4.17. The van der Waals surface area contributed by atoms with Crippen LogP contribution in [0, 0.1) is 0 Å². The monoisotopic (exact) mass is 336 g/mol. The summed E-state index contributed by atoms with van der Waals surface area (Å²) in [6.45, 7) is 1.85. The second kappa shape index (κ2) is 6.38. The maximum absolute atomic E-state index is 11.9. The molecule has 0 saturated carbocycles. The summed E-state index contributed by atoms with van der Waals surface area (Å²) in [4.78, 5) is 22.7. The Labute approximate surface area is 124 Å². The quantitative estimate of drug-likeness (QED) is 0.901. The van der Waals surface area contributed by atoms with Gasteiger partial charge in [0.25, 0.3) is 5.91 Å². The Bertz CT molecular complexity index is 620. The van der Waals surface area contributed by atoms with Crippen molar-refractivity contribution in [2.75, 3.05) is 5.32 Å². The normalized spacial score (nSPS) is 10.1. The van der Waals surface area contributed by atoms with Gasteiger partial charge in [0.15, 0.2) is 4.67 Å². The molecule has 6 heteroatoms. The number of anilines is 1. The predicted molar refractivity (Wildman–Crippen MR) is 78.3 cm³/mol. The van der Waals surface area contributed by atoms with Gasteiger partial charge in [-0.25, -0.2) is 0 Å². The Hall–Kier alpha value is -2.08. The van der Waals surface area contributed by atoms with Gasteiger partial charge in [0.2, 0.25) is 5.91 Å². The third kappa shape index (κ3) is 3.71. The molecule has 0 saturated heterocycles. The summed E-state index contributed by atoms with van der Waals surface area (Å²) in [5, 5.41) is 5.47. The number of benzene rings is 1. The number of halogens is 1. The van der Waals surface area contributed by atoms with Gasteiger partial charge < -0.3 is 15.1 Å². The van der Waals surface area contributed by atoms with E-state index in [9.17, 15) is 9.59 Å². The zero-order chi connectivity index (χ0) is 14.5. The van der Waals surface area contributed by atoms with Crippen LogP contribution in [0.3, 0.4) is 0 Å². The molecule has 0 atom stereocenters. The molecule has 0 fully saturated rings. The highest BCUT2D eigenvalue weighted by Gasteiger charge is 2.11. The first-order valence-corrected chi connectivity index (χ1v) is 6.73. The number of furan rings is 1. The van der Waals surface area contributed by atoms with Gasteiger partial charge in [-0.2, -0.15) is 0 Å². The van der Waals surface area contributed by atoms with Crippen LogP contribution >= 0.6 is 15.9 Å². The summed E-state index contributed by atoms with van der Waals surface area (Å²) >= 11 is 3.16. The van der Waals surface area contributed by atoms with Gasteiger partial charge in [-0.3, -0.25) is 9.59 Å². The SMILES string of the molecule is CC(=O)Nc1ccc(CNC(=O)c2ccoc2Br)cc1. The number of carbonyl (C=O) groups is 2. The van der Waals surface area contributed by atoms with Crippen LogP contribution in [0.25, 0.3) is 0 Å². The minimum Gasteiger partial charge on any atom is -0.457 e. The van der Waals surface area contributed by atoms with E-state index in [2.05, 4.69) is 26.6 Å². The van der Waals surface area contributed by atoms with E-state index in [-0.39, 0.29) is 11.8 Å². The fourth-order valence-electron chi connectivity index (χ4n) is 1.64. The molecule has 2 aromatic rings. The molecule has 0 aliphatic rings. The zero-order valence-corrected chi connectivity index (χ0v) is 12.4. The van der Waals surface area contributed by atoms with Crippen molar-refractivity contribution in [1.82, 2.24) is 5.32 Å². The molecule has 2 amide bonds. The minimum absolute atomic E-state index is 0.115. The standard InChI is InChI=1S/C14H13BrN2O3/c1-9(18)17-11-4-2-10(3-5-11)8-16-14(19)12-6-7-20-13(12)15/h2-7H,8H2,1H3,(H,16,19)(H,17,18). The molecule has 0 bridgehead atoms. The van der Waals surface area contributed by atoms with Crippen molar-refractivity contribution >= 4 is 33.4 Å². The Morgan fingerprint density at radius 3 is 2.45 bits per heavy atom. The lowest BCUT2D eigenvalue weighted by atomic mass is 10.2. The van der Waals surface area contributed by atoms with Crippen LogP contribution in [0.4, 0.5) is 5.69 Å². The van der Waals surface area contributed by atoms with E-state index in [1.54, 1.807) is 18.2 Å². The third-order valence-corrected chi connectivity index (χ3v) is 3.20. The Morgan fingerprint density at radius 2 is 1.90 bits per heavy atom. The summed E-state index contributed by atoms with van der Waals surface area (Å²) in [6, 6.07) is 8.86. The summed E-state index contributed by atoms with van der Waals surface area (Å²) in [7, 11) is 0. The van der Waals surface area contributed by atoms with Crippen LogP contribution in [-0.4, -0.2) is 11.8 Å². The number of amides is 2. The van der Waals surface area contributed by atoms with Gasteiger partial charge in [-0.05, 0) is 39.7 Å². The van der Waals surface area contributed by atoms with Crippen molar-refractivity contribution in [3.8, 4) is 0 Å². The fraction of sp³-hybridized carbons (Fsp3) is 0.143. The van der Waals surface area contributed by atoms with Gasteiger partial charge in [-0.1, -0.05) is 12.1 Å². The van der Waals surface area contributed by atoms with Crippen LogP contribution < -0.4 is 10.6 Å². The maximum atomic E-state index is 11.9. The van der Waals surface area contributed by atoms with E-state index in [0.29, 0.717) is 16.8 Å². The molecule has 2 rings (SSSR count). The molecule has 1 aromatic heterocycles. The molecule has 0 unspecified atom stereocenters. The number of hydrogen-bond donors (Lipinski definition) is 2. The lowest BCUT2D eigenvalue weighted by Gasteiger charge is -2.06. The fourth-order valence-corrected chi connectivity index (χ4v) is 2.06. The molecule has 2 N–H and O–H groups in total. The van der Waals surface area contributed by atoms with Crippen molar-refractivity contribution in [2.45, 2.75) is 13.5 Å². The molecular weight excluding hydrogens is 324 g/mol. The first-order valence-electron chi connectivity index (χ1n) is 5.94. The van der Waals surface area contributed by atoms with E-state index in [0.717, 1.165) is 11.3 Å². The zero-order valence-electron chi connectivity index (χ0n) is 10.8. The second-order valence-corrected chi connectivity index (χ2v) is 4.89. The molecule has 1 aromatic carbocycles. The molecule has 20 heavy (non-hydrogen) atoms. The largest absolute Gasteiger partial charge is 0.457 e. The molecule has 5 nitrogen and oxygen atoms in total. The number of nitrogens with one attached hydrogen (secondary N) is 2. The smallest absolute Gasteiger partial charge is 0.256 e. The lowest BCUT2D eigenvalue weighted by Crippen LogP contribution is -2.22. The molecule has 1 heterocycles. The topological polar surface area (TPSA) is 71.3 Å². The highest BCUT2D eigenvalue weighted by atomic mass is 79.9. The summed E-state index contributed by atoms with van der Waals surface area (Å²) in [5.41, 5.74) is 2.12. The Morgan fingerprint density at radius 1 is 1.20 bits per heavy atom. The van der Waals surface area contributed by atoms with E-state index >= 15 is 0 Å². The molecule has 0 aliphatic carbocycles. The van der Waals surface area contributed by atoms with Gasteiger partial charge >= 0.3 is 0 Å². The predicted octanol–water partition coefficient (Wildman–Crippen LogP) is 2.93. The highest BCUT2D eigenvalue weighted by Crippen LogP contribution is 2.17. The minimum atomic E-state index is -0.212. The number of hydrogen-bond acceptors (Lipinski definition) is 3. The van der Waals surface area contributed by atoms with Crippen LogP contribution in [-0.2, 0) is 11.3 Å². The Kier molecular flexibility index (Phi) is 4.57. The van der Waals surface area contributed by atoms with Crippen molar-refractivity contribution in [3.63, 3.8) is 0 Å². The first kappa shape index (κ1) is 14.3. The van der Waals surface area contributed by atoms with Crippen molar-refractivity contribution < 1.29 is 14.0 Å². The Balaban J connectivity index is 1.93. The van der Waals surface area contributed by atoms with E-state index in [1.165, 1.54) is 13.2 Å². The van der Waals surface area contributed by atoms with Crippen molar-refractivity contribution in [1.29, 1.82) is 0 Å². The van der Waals surface area contributed by atoms with E-state index < -0.39 is 0 Å². The molecule has 0 radical (unpaired) electrons. The van der Waals surface area contributed by atoms with Gasteiger partial charge in [0.05, 0.1) is 11.8 Å². The highest BCUT2D eigenvalue weighted by molar-refractivity contribution is 9.10. The average Bonchev–Trinajstić information content (AvgIpc) is 2.83. The number of carbonyl (C=O) groups excluding carboxylic acids is 2. The van der Waals surface area contributed by atoms with Crippen molar-refractivity contribution in [3.05, 3.63) is 52.4 Å². The maximum Gasteiger partial charge on any atom is 0.256 e. The molecular formula is C14H13BrN2O3. The van der Waals surface area contributed by atoms with Gasteiger partial charge in [0.1, 0.15) is 0 Å². The van der Waals surface area contributed by atoms with Crippen LogP contribution in [0.5, 0.6) is 0 Å². The van der Waals surface area contributed by atoms with Crippen LogP contribution in [0.15, 0.2) is 45.7 Å². The summed E-state index contributed by atoms with van der Waals surface area (Å²) < 4.78 is 5.42. The molecule has 0 spiro atoms. The average molecular weight is 337 g/mol. The first-order chi connectivity index (χ1) is 9.56. The lowest BCUT2D eigenvalue weighted by molar-refractivity contribution is -0.114. The van der Waals surface area contributed by atoms with Gasteiger partial charge in [-0.15, -0.1) is 0 Å². The molecule has 104 valence electrons. The van der Waals surface area contributed by atoms with Gasteiger partial charge in [0, 0.05) is 19.2 Å². The van der Waals surface area contributed by atoms with E-state index in [1.807, 2.05) is 12.1 Å². The van der Waals surface area contributed by atoms with E-state index in [4.69, 9.17) is 4.42 Å². The summed E-state index contributed by atoms with van der Waals surface area (Å²) in [5.74, 6) is -0.326. The van der Waals surface area contributed by atoms with Crippen molar-refractivity contribution in [2.24, 2.45) is 0 Å². The van der Waals surface area contributed by atoms with Crippen LogP contribution in [0.2, 0.25) is 0 Å². The van der Waals surface area contributed by atoms with Crippen LogP contribution in [0.1, 0.15) is 22.8 Å². The number of rotatable bonds is 4. The third-order valence-electron chi connectivity index (χ3n) is 2.59. The summed E-state index contributed by atoms with van der Waals surface area (Å²) in [6.07, 6.45) is 1.45.